The molecule has 19 nitrogen and oxygen atoms in total. The second-order valence-corrected chi connectivity index (χ2v) is 16.7. The molecule has 71 heavy (non-hydrogen) atoms. The van der Waals surface area contributed by atoms with Gasteiger partial charge in [-0.15, -0.1) is 0 Å². The molecule has 372 valence electrons. The van der Waals surface area contributed by atoms with E-state index in [4.69, 9.17) is 15.2 Å². The normalized spacial score (nSPS) is 11.0. The minimum atomic E-state index is -0.762. The number of carbonyl (C=O) groups is 6. The van der Waals surface area contributed by atoms with Gasteiger partial charge >= 0.3 is 0 Å². The van der Waals surface area contributed by atoms with Crippen LogP contribution >= 0.6 is 0 Å². The van der Waals surface area contributed by atoms with Crippen LogP contribution < -0.4 is 11.1 Å². The first-order valence-corrected chi connectivity index (χ1v) is 22.9. The Hall–Kier alpha value is -8.00. The van der Waals surface area contributed by atoms with Crippen LogP contribution in [0.4, 0.5) is 0 Å². The summed E-state index contributed by atoms with van der Waals surface area (Å²) in [6, 6.07) is 34.7. The number of hydrogen-bond donors (Lipinski definition) is 4. The molecule has 6 amide bonds. The minimum absolute atomic E-state index is 0.00617. The number of ether oxygens (including phenoxy) is 2. The summed E-state index contributed by atoms with van der Waals surface area (Å²) in [5.41, 5.74) is 8.32. The Morgan fingerprint density at radius 2 is 0.915 bits per heavy atom. The van der Waals surface area contributed by atoms with Crippen molar-refractivity contribution < 1.29 is 48.5 Å². The first-order valence-electron chi connectivity index (χ1n) is 22.9. The summed E-state index contributed by atoms with van der Waals surface area (Å²) >= 11 is 0. The van der Waals surface area contributed by atoms with E-state index in [1.54, 1.807) is 97.1 Å². The van der Waals surface area contributed by atoms with Crippen LogP contribution in [0.15, 0.2) is 121 Å². The van der Waals surface area contributed by atoms with Crippen LogP contribution in [0.1, 0.15) is 22.5 Å². The largest absolute Gasteiger partial charge is 0.506 e. The molecule has 6 aromatic rings. The topological polar surface area (TPSA) is 241 Å². The lowest BCUT2D eigenvalue weighted by Gasteiger charge is -2.31. The second-order valence-electron chi connectivity index (χ2n) is 16.7. The fourth-order valence-electron chi connectivity index (χ4n) is 7.66. The van der Waals surface area contributed by atoms with Gasteiger partial charge in [0.05, 0.1) is 57.3 Å². The van der Waals surface area contributed by atoms with Gasteiger partial charge in [-0.2, -0.15) is 0 Å². The quantitative estimate of drug-likeness (QED) is 0.0573. The zero-order chi connectivity index (χ0) is 50.7. The minimum Gasteiger partial charge on any atom is -0.506 e. The maximum Gasteiger partial charge on any atom is 0.243 e. The fraction of sp³-hybridized carbons (Fsp3) is 0.308. The van der Waals surface area contributed by atoms with Gasteiger partial charge in [0.25, 0.3) is 0 Å². The van der Waals surface area contributed by atoms with Crippen molar-refractivity contribution in [3.8, 4) is 11.5 Å². The Balaban J connectivity index is 1.27. The summed E-state index contributed by atoms with van der Waals surface area (Å²) in [5.74, 6) is -3.83. The van der Waals surface area contributed by atoms with Crippen molar-refractivity contribution >= 4 is 57.2 Å². The van der Waals surface area contributed by atoms with Crippen LogP contribution in [0.3, 0.4) is 0 Å². The van der Waals surface area contributed by atoms with E-state index in [2.05, 4.69) is 15.3 Å². The fourth-order valence-corrected chi connectivity index (χ4v) is 7.66. The van der Waals surface area contributed by atoms with Gasteiger partial charge in [0.15, 0.2) is 0 Å². The number of amides is 6. The van der Waals surface area contributed by atoms with Crippen molar-refractivity contribution in [1.82, 2.24) is 39.8 Å². The second kappa shape index (κ2) is 26.1. The van der Waals surface area contributed by atoms with Crippen molar-refractivity contribution in [3.05, 3.63) is 144 Å². The smallest absolute Gasteiger partial charge is 0.243 e. The number of aromatic hydroxyl groups is 2. The lowest BCUT2D eigenvalue weighted by molar-refractivity contribution is -0.148. The number of methoxy groups -OCH3 is 2. The first kappa shape index (κ1) is 52.4. The molecule has 0 unspecified atom stereocenters. The highest BCUT2D eigenvalue weighted by molar-refractivity contribution is 5.92. The highest BCUT2D eigenvalue weighted by Gasteiger charge is 2.30. The molecule has 0 bridgehead atoms. The summed E-state index contributed by atoms with van der Waals surface area (Å²) in [6.07, 6.45) is 0. The van der Waals surface area contributed by atoms with Crippen LogP contribution in [0.2, 0.25) is 0 Å². The lowest BCUT2D eigenvalue weighted by atomic mass is 10.2. The molecule has 19 heteroatoms. The predicted molar refractivity (Wildman–Crippen MR) is 264 cm³/mol. The SMILES string of the molecule is COCCNCC(=O)N(CC(=O)N(CC(=O)N(CCOC)CC(=O)N(CC(=O)N(CC(N)=O)Cc1ccccc1)Cc1ccc2cccc(O)c2n1)Cc1ccccc1)Cc1ccc2cccc(O)c2n1. The number of carbonyl (C=O) groups excluding carboxylic acids is 6. The Morgan fingerprint density at radius 3 is 1.38 bits per heavy atom. The van der Waals surface area contributed by atoms with E-state index < -0.39 is 68.2 Å². The van der Waals surface area contributed by atoms with Crippen LogP contribution in [-0.2, 0) is 64.4 Å². The number of phenols is 2. The highest BCUT2D eigenvalue weighted by Crippen LogP contribution is 2.24. The molecular formula is C52H59N9O10. The van der Waals surface area contributed by atoms with Gasteiger partial charge in [0.1, 0.15) is 42.2 Å². The molecule has 5 N–H and O–H groups in total. The van der Waals surface area contributed by atoms with E-state index in [1.165, 1.54) is 50.9 Å². The van der Waals surface area contributed by atoms with Crippen LogP contribution in [0, 0.1) is 0 Å². The molecule has 0 spiro atoms. The van der Waals surface area contributed by atoms with E-state index in [-0.39, 0.29) is 62.9 Å². The third-order valence-corrected chi connectivity index (χ3v) is 11.4. The summed E-state index contributed by atoms with van der Waals surface area (Å²) in [6.45, 7) is -2.38. The van der Waals surface area contributed by atoms with Gasteiger partial charge in [0, 0.05) is 51.2 Å². The number of phenolic OH excluding ortho intramolecular Hbond substituents is 2. The van der Waals surface area contributed by atoms with Crippen molar-refractivity contribution in [1.29, 1.82) is 0 Å². The third kappa shape index (κ3) is 15.5. The number of para-hydroxylation sites is 2. The van der Waals surface area contributed by atoms with Crippen LogP contribution in [-0.4, -0.2) is 160 Å². The number of hydrogen-bond acceptors (Lipinski definition) is 13. The van der Waals surface area contributed by atoms with E-state index >= 15 is 0 Å². The summed E-state index contributed by atoms with van der Waals surface area (Å²) in [5, 5.41) is 25.5. The molecular weight excluding hydrogens is 911 g/mol. The molecule has 4 aromatic carbocycles. The van der Waals surface area contributed by atoms with E-state index in [0.717, 1.165) is 5.56 Å². The monoisotopic (exact) mass is 969 g/mol. The summed E-state index contributed by atoms with van der Waals surface area (Å²) < 4.78 is 10.5. The number of primary amides is 1. The van der Waals surface area contributed by atoms with Crippen LogP contribution in [0.25, 0.3) is 21.8 Å². The van der Waals surface area contributed by atoms with Gasteiger partial charge in [-0.05, 0) is 35.4 Å². The number of pyridine rings is 2. The van der Waals surface area contributed by atoms with Gasteiger partial charge in [0.2, 0.25) is 35.4 Å². The zero-order valence-corrected chi connectivity index (χ0v) is 39.8. The average Bonchev–Trinajstić information content (AvgIpc) is 3.36. The summed E-state index contributed by atoms with van der Waals surface area (Å²) in [7, 11) is 2.97. The maximum absolute atomic E-state index is 14.6. The number of nitrogens with one attached hydrogen (secondary N) is 1. The molecule has 0 aliphatic carbocycles. The van der Waals surface area contributed by atoms with E-state index in [9.17, 15) is 39.0 Å². The Kier molecular flexibility index (Phi) is 19.3. The van der Waals surface area contributed by atoms with Crippen molar-refractivity contribution in [2.75, 3.05) is 79.8 Å². The molecule has 0 atom stereocenters. The molecule has 6 rings (SSSR count). The molecule has 2 heterocycles. The Morgan fingerprint density at radius 1 is 0.493 bits per heavy atom. The number of aromatic nitrogens is 2. The Bertz CT molecular complexity index is 2780. The van der Waals surface area contributed by atoms with Gasteiger partial charge in [-0.1, -0.05) is 97.1 Å². The third-order valence-electron chi connectivity index (χ3n) is 11.4. The number of nitrogens with zero attached hydrogens (tertiary/aromatic N) is 7. The Labute approximate surface area is 411 Å². The van der Waals surface area contributed by atoms with Gasteiger partial charge in [-0.3, -0.25) is 28.8 Å². The molecule has 0 aliphatic rings. The molecule has 0 saturated carbocycles. The van der Waals surface area contributed by atoms with Crippen molar-refractivity contribution in [3.63, 3.8) is 0 Å². The molecule has 0 radical (unpaired) electrons. The van der Waals surface area contributed by atoms with Gasteiger partial charge < -0.3 is 55.2 Å². The van der Waals surface area contributed by atoms with Crippen molar-refractivity contribution in [2.45, 2.75) is 26.2 Å². The van der Waals surface area contributed by atoms with Crippen molar-refractivity contribution in [2.24, 2.45) is 5.73 Å². The standard InChI is InChI=1S/C52H59N9O10/c1-70-25-23-54-27-46(65)60(30-41-21-19-39-15-9-17-43(62)51(39)55-41)35-50(69)59(29-38-13-7-4-8-14-38)34-47(66)57(24-26-71-2)33-48(67)61(31-42-22-20-40-16-10-18-44(63)52(40)56-42)36-49(68)58(32-45(53)64)28-37-11-5-3-6-12-37/h3-22,54,62-63H,23-36H2,1-2H3,(H2,53,64). The average molecular weight is 970 g/mol. The number of fused-ring (bicyclic) bond motifs is 2. The molecule has 0 saturated heterocycles. The molecule has 2 aromatic heterocycles. The van der Waals surface area contributed by atoms with Gasteiger partial charge in [-0.25, -0.2) is 9.97 Å². The lowest BCUT2D eigenvalue weighted by Crippen LogP contribution is -2.51. The van der Waals surface area contributed by atoms with Crippen LogP contribution in [0.5, 0.6) is 11.5 Å². The number of nitrogens with two attached hydrogens (primary N) is 1. The zero-order valence-electron chi connectivity index (χ0n) is 39.8. The molecule has 0 fully saturated rings. The number of rotatable bonds is 26. The predicted octanol–water partition coefficient (Wildman–Crippen LogP) is 2.81. The summed E-state index contributed by atoms with van der Waals surface area (Å²) in [4.78, 5) is 99.5. The number of benzene rings is 4. The first-order chi connectivity index (χ1) is 34.3. The van der Waals surface area contributed by atoms with E-state index in [1.807, 2.05) is 12.1 Å². The molecule has 0 aliphatic heterocycles. The van der Waals surface area contributed by atoms with E-state index in [0.29, 0.717) is 46.4 Å². The highest BCUT2D eigenvalue weighted by atomic mass is 16.5. The maximum atomic E-state index is 14.6.